The normalized spacial score (nSPS) is 12.8. The summed E-state index contributed by atoms with van der Waals surface area (Å²) in [5.74, 6) is 2.24. The number of methoxy groups -OCH3 is 1. The molecule has 0 radical (unpaired) electrons. The van der Waals surface area contributed by atoms with E-state index in [2.05, 4.69) is 4.99 Å². The van der Waals surface area contributed by atoms with Crippen LogP contribution in [0.5, 0.6) is 17.2 Å². The van der Waals surface area contributed by atoms with E-state index in [4.69, 9.17) is 18.9 Å². The molecule has 4 rings (SSSR count). The Morgan fingerprint density at radius 3 is 2.67 bits per heavy atom. The van der Waals surface area contributed by atoms with Crippen molar-refractivity contribution >= 4 is 45.2 Å². The summed E-state index contributed by atoms with van der Waals surface area (Å²) in [6.45, 7) is 2.16. The van der Waals surface area contributed by atoms with Gasteiger partial charge < -0.3 is 23.5 Å². The minimum Gasteiger partial charge on any atom is -0.497 e. The smallest absolute Gasteiger partial charge is 0.326 e. The number of fused-ring (bicyclic) bond motifs is 2. The zero-order valence-electron chi connectivity index (χ0n) is 18.4. The van der Waals surface area contributed by atoms with Gasteiger partial charge in [0.05, 0.1) is 23.9 Å². The quantitative estimate of drug-likeness (QED) is 0.256. The monoisotopic (exact) mass is 488 g/mol. The molecule has 2 heterocycles. The highest BCUT2D eigenvalue weighted by Gasteiger charge is 2.19. The van der Waals surface area contributed by atoms with Gasteiger partial charge in [-0.1, -0.05) is 11.3 Å². The molecule has 0 saturated heterocycles. The molecule has 0 bridgehead atoms. The fourth-order valence-electron chi connectivity index (χ4n) is 3.28. The molecule has 0 spiro atoms. The molecule has 0 aliphatic carbocycles. The van der Waals surface area contributed by atoms with Gasteiger partial charge in [0.2, 0.25) is 12.7 Å². The van der Waals surface area contributed by atoms with Gasteiger partial charge in [0, 0.05) is 23.4 Å². The number of hydrogen-bond donors (Lipinski definition) is 0. The molecule has 10 heteroatoms. The highest BCUT2D eigenvalue weighted by atomic mass is 32.2. The Morgan fingerprint density at radius 1 is 1.18 bits per heavy atom. The summed E-state index contributed by atoms with van der Waals surface area (Å²) in [5, 5.41) is 0. The predicted molar refractivity (Wildman–Crippen MR) is 126 cm³/mol. The van der Waals surface area contributed by atoms with Crippen LogP contribution in [0.25, 0.3) is 10.2 Å². The Balaban J connectivity index is 1.47. The largest absolute Gasteiger partial charge is 0.497 e. The Labute approximate surface area is 199 Å². The maximum Gasteiger partial charge on any atom is 0.326 e. The Bertz CT molecular complexity index is 1220. The maximum atomic E-state index is 12.6. The number of thioether (sulfide) groups is 1. The van der Waals surface area contributed by atoms with Crippen molar-refractivity contribution < 1.29 is 28.5 Å². The highest BCUT2D eigenvalue weighted by molar-refractivity contribution is 7.99. The SMILES string of the molecule is CCOC(=O)Cn1c(=NC(=O)CCCSc2ccc(OC)cc2)sc2cc3c(cc21)OCO3. The van der Waals surface area contributed by atoms with Crippen molar-refractivity contribution in [3.63, 3.8) is 0 Å². The third-order valence-electron chi connectivity index (χ3n) is 4.85. The van der Waals surface area contributed by atoms with Crippen molar-refractivity contribution in [2.75, 3.05) is 26.3 Å². The number of hydrogen-bond acceptors (Lipinski definition) is 8. The van der Waals surface area contributed by atoms with Crippen LogP contribution in [0.1, 0.15) is 19.8 Å². The van der Waals surface area contributed by atoms with Gasteiger partial charge >= 0.3 is 5.97 Å². The van der Waals surface area contributed by atoms with Gasteiger partial charge in [0.25, 0.3) is 0 Å². The Hall–Kier alpha value is -2.98. The van der Waals surface area contributed by atoms with Crippen molar-refractivity contribution in [1.82, 2.24) is 4.57 Å². The van der Waals surface area contributed by atoms with Gasteiger partial charge in [-0.05, 0) is 43.4 Å². The summed E-state index contributed by atoms with van der Waals surface area (Å²) >= 11 is 3.01. The topological polar surface area (TPSA) is 88.4 Å². The minimum absolute atomic E-state index is 0.0348. The summed E-state index contributed by atoms with van der Waals surface area (Å²) in [4.78, 5) is 30.6. The molecule has 1 aliphatic rings. The molecule has 1 aromatic heterocycles. The van der Waals surface area contributed by atoms with Gasteiger partial charge in [0.15, 0.2) is 16.3 Å². The van der Waals surface area contributed by atoms with Crippen LogP contribution in [0.15, 0.2) is 46.3 Å². The molecular weight excluding hydrogens is 464 g/mol. The second kappa shape index (κ2) is 10.8. The fraction of sp³-hybridized carbons (Fsp3) is 0.348. The van der Waals surface area contributed by atoms with Crippen LogP contribution in [0.3, 0.4) is 0 Å². The van der Waals surface area contributed by atoms with Gasteiger partial charge in [-0.25, -0.2) is 0 Å². The molecule has 0 unspecified atom stereocenters. The molecule has 0 fully saturated rings. The number of esters is 1. The number of benzene rings is 2. The van der Waals surface area contributed by atoms with E-state index in [-0.39, 0.29) is 31.8 Å². The number of ether oxygens (including phenoxy) is 4. The lowest BCUT2D eigenvalue weighted by molar-refractivity contribution is -0.143. The zero-order chi connectivity index (χ0) is 23.2. The molecule has 3 aromatic rings. The average molecular weight is 489 g/mol. The number of carbonyl (C=O) groups excluding carboxylic acids is 2. The number of nitrogens with zero attached hydrogens (tertiary/aromatic N) is 2. The van der Waals surface area contributed by atoms with Crippen LogP contribution >= 0.6 is 23.1 Å². The molecule has 1 aliphatic heterocycles. The van der Waals surface area contributed by atoms with E-state index < -0.39 is 0 Å². The van der Waals surface area contributed by atoms with Crippen LogP contribution in [0, 0.1) is 0 Å². The Kier molecular flexibility index (Phi) is 7.56. The number of carbonyl (C=O) groups is 2. The van der Waals surface area contributed by atoms with E-state index in [1.165, 1.54) is 11.3 Å². The second-order valence-corrected chi connectivity index (χ2v) is 9.26. The number of thiazole rings is 1. The van der Waals surface area contributed by atoms with Gasteiger partial charge in [0.1, 0.15) is 12.3 Å². The lowest BCUT2D eigenvalue weighted by atomic mass is 10.3. The first-order valence-electron chi connectivity index (χ1n) is 10.5. The fourth-order valence-corrected chi connectivity index (χ4v) is 5.19. The third-order valence-corrected chi connectivity index (χ3v) is 6.99. The maximum absolute atomic E-state index is 12.6. The minimum atomic E-state index is -0.389. The summed E-state index contributed by atoms with van der Waals surface area (Å²) in [6, 6.07) is 11.5. The van der Waals surface area contributed by atoms with Crippen molar-refractivity contribution in [1.29, 1.82) is 0 Å². The van der Waals surface area contributed by atoms with Crippen LogP contribution in [-0.2, 0) is 20.9 Å². The first-order valence-corrected chi connectivity index (χ1v) is 12.3. The third kappa shape index (κ3) is 5.69. The van der Waals surface area contributed by atoms with Crippen LogP contribution in [0.2, 0.25) is 0 Å². The van der Waals surface area contributed by atoms with Crippen molar-refractivity contribution in [3.8, 4) is 17.2 Å². The summed E-state index contributed by atoms with van der Waals surface area (Å²) in [5.41, 5.74) is 0.749. The standard InChI is InChI=1S/C23H24N2O6S2/c1-3-29-22(27)13-25-17-11-18-19(31-14-30-18)12-20(17)33-23(25)24-21(26)5-4-10-32-16-8-6-15(28-2)7-9-16/h6-9,11-12H,3-5,10,13-14H2,1-2H3. The lowest BCUT2D eigenvalue weighted by Gasteiger charge is -2.06. The van der Waals surface area contributed by atoms with E-state index >= 15 is 0 Å². The van der Waals surface area contributed by atoms with Crippen molar-refractivity contribution in [2.24, 2.45) is 4.99 Å². The molecule has 0 atom stereocenters. The molecule has 2 aromatic carbocycles. The van der Waals surface area contributed by atoms with Crippen LogP contribution in [-0.4, -0.2) is 42.7 Å². The number of amides is 1. The highest BCUT2D eigenvalue weighted by Crippen LogP contribution is 2.37. The van der Waals surface area contributed by atoms with Gasteiger partial charge in [-0.2, -0.15) is 4.99 Å². The second-order valence-electron chi connectivity index (χ2n) is 7.08. The molecule has 0 saturated carbocycles. The van der Waals surface area contributed by atoms with Crippen LogP contribution < -0.4 is 19.0 Å². The first-order chi connectivity index (χ1) is 16.1. The predicted octanol–water partition coefficient (Wildman–Crippen LogP) is 4.00. The molecule has 174 valence electrons. The van der Waals surface area contributed by atoms with Crippen LogP contribution in [0.4, 0.5) is 0 Å². The van der Waals surface area contributed by atoms with Crippen molar-refractivity contribution in [2.45, 2.75) is 31.2 Å². The molecular formula is C23H24N2O6S2. The van der Waals surface area contributed by atoms with E-state index in [1.807, 2.05) is 36.4 Å². The van der Waals surface area contributed by atoms with E-state index in [0.717, 1.165) is 26.6 Å². The summed E-state index contributed by atoms with van der Waals surface area (Å²) in [6.07, 6.45) is 1.01. The summed E-state index contributed by atoms with van der Waals surface area (Å²) < 4.78 is 23.7. The number of aromatic nitrogens is 1. The summed E-state index contributed by atoms with van der Waals surface area (Å²) in [7, 11) is 1.64. The first kappa shape index (κ1) is 23.2. The van der Waals surface area contributed by atoms with Gasteiger partial charge in [-0.3, -0.25) is 9.59 Å². The molecule has 1 amide bonds. The van der Waals surface area contributed by atoms with Gasteiger partial charge in [-0.15, -0.1) is 11.8 Å². The number of rotatable bonds is 9. The Morgan fingerprint density at radius 2 is 1.94 bits per heavy atom. The molecule has 0 N–H and O–H groups in total. The van der Waals surface area contributed by atoms with Crippen molar-refractivity contribution in [3.05, 3.63) is 41.2 Å². The molecule has 33 heavy (non-hydrogen) atoms. The van der Waals surface area contributed by atoms with E-state index in [9.17, 15) is 9.59 Å². The lowest BCUT2D eigenvalue weighted by Crippen LogP contribution is -2.23. The molecule has 8 nitrogen and oxygen atoms in total. The van der Waals surface area contributed by atoms with E-state index in [1.54, 1.807) is 30.4 Å². The van der Waals surface area contributed by atoms with E-state index in [0.29, 0.717) is 29.1 Å². The average Bonchev–Trinajstić information content (AvgIpc) is 3.39. The zero-order valence-corrected chi connectivity index (χ0v) is 20.0.